The third-order valence-corrected chi connectivity index (χ3v) is 3.31. The topological polar surface area (TPSA) is 74.2 Å². The minimum atomic E-state index is 0.177. The maximum Gasteiger partial charge on any atom is 0.231 e. The number of ether oxygens (including phenoxy) is 1. The van der Waals surface area contributed by atoms with Crippen LogP contribution in [0, 0.1) is 5.92 Å². The molecule has 2 heterocycles. The summed E-state index contributed by atoms with van der Waals surface area (Å²) in [5, 5.41) is 4.03. The summed E-state index contributed by atoms with van der Waals surface area (Å²) in [6, 6.07) is 0. The lowest BCUT2D eigenvalue weighted by atomic mass is 9.97. The predicted octanol–water partition coefficient (Wildman–Crippen LogP) is 1.88. The lowest BCUT2D eigenvalue weighted by Crippen LogP contribution is -2.15. The van der Waals surface area contributed by atoms with Crippen molar-refractivity contribution >= 4 is 0 Å². The number of nitrogens with two attached hydrogens (primary N) is 1. The minimum Gasteiger partial charge on any atom is -0.378 e. The zero-order chi connectivity index (χ0) is 13.0. The van der Waals surface area contributed by atoms with Gasteiger partial charge in [0.05, 0.1) is 12.0 Å². The molecule has 0 spiro atoms. The van der Waals surface area contributed by atoms with Crippen molar-refractivity contribution in [1.29, 1.82) is 0 Å². The van der Waals surface area contributed by atoms with Gasteiger partial charge < -0.3 is 15.0 Å². The van der Waals surface area contributed by atoms with E-state index in [4.69, 9.17) is 15.0 Å². The van der Waals surface area contributed by atoms with Gasteiger partial charge in [-0.15, -0.1) is 0 Å². The second-order valence-electron chi connectivity index (χ2n) is 5.45. The van der Waals surface area contributed by atoms with Gasteiger partial charge in [-0.1, -0.05) is 19.0 Å². The quantitative estimate of drug-likeness (QED) is 0.837. The van der Waals surface area contributed by atoms with Crippen LogP contribution in [0.4, 0.5) is 0 Å². The van der Waals surface area contributed by atoms with E-state index in [9.17, 15) is 0 Å². The van der Waals surface area contributed by atoms with E-state index in [1.807, 2.05) is 0 Å². The van der Waals surface area contributed by atoms with Crippen LogP contribution in [0.2, 0.25) is 0 Å². The highest BCUT2D eigenvalue weighted by atomic mass is 16.5. The monoisotopic (exact) mass is 253 g/mol. The van der Waals surface area contributed by atoms with Gasteiger partial charge in [0.1, 0.15) is 0 Å². The Morgan fingerprint density at radius 2 is 2.28 bits per heavy atom. The molecule has 18 heavy (non-hydrogen) atoms. The van der Waals surface area contributed by atoms with Crippen LogP contribution in [0.3, 0.4) is 0 Å². The lowest BCUT2D eigenvalue weighted by Gasteiger charge is -2.12. The van der Waals surface area contributed by atoms with Crippen molar-refractivity contribution in [2.24, 2.45) is 11.7 Å². The number of hydrogen-bond donors (Lipinski definition) is 1. The molecule has 1 fully saturated rings. The summed E-state index contributed by atoms with van der Waals surface area (Å²) < 4.78 is 10.9. The van der Waals surface area contributed by atoms with Crippen LogP contribution in [0.5, 0.6) is 0 Å². The first-order valence-corrected chi connectivity index (χ1v) is 6.83. The maximum absolute atomic E-state index is 5.77. The van der Waals surface area contributed by atoms with Gasteiger partial charge in [-0.3, -0.25) is 0 Å². The van der Waals surface area contributed by atoms with Crippen molar-refractivity contribution in [3.8, 4) is 0 Å². The average Bonchev–Trinajstić information content (AvgIpc) is 2.98. The van der Waals surface area contributed by atoms with Gasteiger partial charge in [0, 0.05) is 19.6 Å². The maximum atomic E-state index is 5.77. The molecule has 0 saturated carbocycles. The zero-order valence-electron chi connectivity index (χ0n) is 11.3. The Balaban J connectivity index is 1.95. The van der Waals surface area contributed by atoms with E-state index in [0.717, 1.165) is 38.1 Å². The summed E-state index contributed by atoms with van der Waals surface area (Å²) in [6.07, 6.45) is 4.22. The van der Waals surface area contributed by atoms with Crippen molar-refractivity contribution in [3.05, 3.63) is 11.7 Å². The van der Waals surface area contributed by atoms with Gasteiger partial charge in [-0.2, -0.15) is 4.98 Å². The lowest BCUT2D eigenvalue weighted by molar-refractivity contribution is 0.109. The molecule has 1 aromatic heterocycles. The van der Waals surface area contributed by atoms with E-state index in [1.165, 1.54) is 0 Å². The molecule has 0 aromatic carbocycles. The second kappa shape index (κ2) is 6.29. The van der Waals surface area contributed by atoms with Crippen LogP contribution < -0.4 is 5.73 Å². The first kappa shape index (κ1) is 13.5. The van der Waals surface area contributed by atoms with Gasteiger partial charge in [0.15, 0.2) is 5.82 Å². The van der Waals surface area contributed by atoms with Gasteiger partial charge >= 0.3 is 0 Å². The van der Waals surface area contributed by atoms with E-state index in [2.05, 4.69) is 24.0 Å². The molecule has 2 rings (SSSR count). The molecule has 1 saturated heterocycles. The van der Waals surface area contributed by atoms with E-state index < -0.39 is 0 Å². The van der Waals surface area contributed by atoms with Crippen LogP contribution in [0.25, 0.3) is 0 Å². The molecule has 102 valence electrons. The van der Waals surface area contributed by atoms with Crippen molar-refractivity contribution in [2.45, 2.75) is 51.6 Å². The third kappa shape index (κ3) is 3.53. The Labute approximate surface area is 108 Å². The fourth-order valence-corrected chi connectivity index (χ4v) is 2.39. The highest BCUT2D eigenvalue weighted by Gasteiger charge is 2.22. The van der Waals surface area contributed by atoms with Crippen molar-refractivity contribution in [3.63, 3.8) is 0 Å². The summed E-state index contributed by atoms with van der Waals surface area (Å²) >= 11 is 0. The molecular formula is C13H23N3O2. The third-order valence-electron chi connectivity index (χ3n) is 3.31. The molecule has 1 aliphatic rings. The predicted molar refractivity (Wildman–Crippen MR) is 68.2 cm³/mol. The standard InChI is InChI=1S/C13H23N3O2/c1-9(2)6-10(8-14)13-15-12(16-18-13)7-11-4-3-5-17-11/h9-11H,3-8,14H2,1-2H3. The van der Waals surface area contributed by atoms with E-state index in [0.29, 0.717) is 18.4 Å². The van der Waals surface area contributed by atoms with Crippen LogP contribution in [0.15, 0.2) is 4.52 Å². The SMILES string of the molecule is CC(C)CC(CN)c1nc(CC2CCCO2)no1. The van der Waals surface area contributed by atoms with Crippen LogP contribution >= 0.6 is 0 Å². The summed E-state index contributed by atoms with van der Waals surface area (Å²) in [7, 11) is 0. The Kier molecular flexibility index (Phi) is 4.72. The van der Waals surface area contributed by atoms with Gasteiger partial charge in [-0.05, 0) is 25.2 Å². The first-order chi connectivity index (χ1) is 8.69. The molecule has 0 bridgehead atoms. The van der Waals surface area contributed by atoms with Crippen LogP contribution in [-0.2, 0) is 11.2 Å². The van der Waals surface area contributed by atoms with Crippen molar-refractivity contribution in [2.75, 3.05) is 13.2 Å². The van der Waals surface area contributed by atoms with Gasteiger partial charge in [0.2, 0.25) is 5.89 Å². The summed E-state index contributed by atoms with van der Waals surface area (Å²) in [4.78, 5) is 4.46. The fourth-order valence-electron chi connectivity index (χ4n) is 2.39. The van der Waals surface area contributed by atoms with E-state index in [1.54, 1.807) is 0 Å². The Morgan fingerprint density at radius 1 is 1.44 bits per heavy atom. The van der Waals surface area contributed by atoms with Crippen molar-refractivity contribution < 1.29 is 9.26 Å². The number of nitrogens with zero attached hydrogens (tertiary/aromatic N) is 2. The Morgan fingerprint density at radius 3 is 2.89 bits per heavy atom. The molecule has 1 aliphatic heterocycles. The first-order valence-electron chi connectivity index (χ1n) is 6.83. The summed E-state index contributed by atoms with van der Waals surface area (Å²) in [5.74, 6) is 2.18. The molecular weight excluding hydrogens is 230 g/mol. The largest absolute Gasteiger partial charge is 0.378 e. The average molecular weight is 253 g/mol. The normalized spacial score (nSPS) is 21.7. The fraction of sp³-hybridized carbons (Fsp3) is 0.846. The molecule has 5 heteroatoms. The smallest absolute Gasteiger partial charge is 0.231 e. The number of hydrogen-bond acceptors (Lipinski definition) is 5. The highest BCUT2D eigenvalue weighted by Crippen LogP contribution is 2.22. The molecule has 1 aromatic rings. The Hall–Kier alpha value is -0.940. The summed E-state index contributed by atoms with van der Waals surface area (Å²) in [5.41, 5.74) is 5.77. The zero-order valence-corrected chi connectivity index (χ0v) is 11.3. The molecule has 2 unspecified atom stereocenters. The highest BCUT2D eigenvalue weighted by molar-refractivity contribution is 4.96. The van der Waals surface area contributed by atoms with Crippen molar-refractivity contribution in [1.82, 2.24) is 10.1 Å². The summed E-state index contributed by atoms with van der Waals surface area (Å²) in [6.45, 7) is 5.76. The van der Waals surface area contributed by atoms with Gasteiger partial charge in [-0.25, -0.2) is 0 Å². The second-order valence-corrected chi connectivity index (χ2v) is 5.45. The molecule has 0 amide bonds. The molecule has 2 N–H and O–H groups in total. The Bertz CT molecular complexity index is 359. The van der Waals surface area contributed by atoms with Crippen LogP contribution in [0.1, 0.15) is 50.7 Å². The molecule has 0 radical (unpaired) electrons. The minimum absolute atomic E-state index is 0.177. The molecule has 0 aliphatic carbocycles. The molecule has 2 atom stereocenters. The molecule has 5 nitrogen and oxygen atoms in total. The van der Waals surface area contributed by atoms with Gasteiger partial charge in [0.25, 0.3) is 0 Å². The van der Waals surface area contributed by atoms with E-state index in [-0.39, 0.29) is 12.0 Å². The van der Waals surface area contributed by atoms with E-state index >= 15 is 0 Å². The number of aromatic nitrogens is 2. The number of rotatable bonds is 6. The van der Waals surface area contributed by atoms with Crippen LogP contribution in [-0.4, -0.2) is 29.4 Å².